The minimum absolute atomic E-state index is 0.282. The minimum Gasteiger partial charge on any atom is -0.330 e. The highest BCUT2D eigenvalue weighted by molar-refractivity contribution is 7.89. The molecular formula is C14H21FN2O2S. The van der Waals surface area contributed by atoms with Gasteiger partial charge in [0.25, 0.3) is 0 Å². The van der Waals surface area contributed by atoms with Gasteiger partial charge in [-0.1, -0.05) is 12.1 Å². The summed E-state index contributed by atoms with van der Waals surface area (Å²) in [5.41, 5.74) is 5.63. The van der Waals surface area contributed by atoms with Crippen LogP contribution >= 0.6 is 0 Å². The molecular weight excluding hydrogens is 279 g/mol. The maximum absolute atomic E-state index is 13.5. The van der Waals surface area contributed by atoms with E-state index in [1.807, 2.05) is 0 Å². The summed E-state index contributed by atoms with van der Waals surface area (Å²) in [6.07, 6.45) is 4.04. The van der Waals surface area contributed by atoms with Gasteiger partial charge in [-0.25, -0.2) is 17.5 Å². The predicted octanol–water partition coefficient (Wildman–Crippen LogP) is 1.87. The summed E-state index contributed by atoms with van der Waals surface area (Å²) in [5, 5.41) is 0. The van der Waals surface area contributed by atoms with Crippen molar-refractivity contribution in [3.63, 3.8) is 0 Å². The standard InChI is InChI=1S/C14H21FN2O2S/c15-13-3-1-2-4-14(13)20(18,19)17-10-12-7-5-11(9-16)6-8-12/h1-4,11-12,17H,5-10,16H2/t11-,12-. The first-order chi connectivity index (χ1) is 9.53. The van der Waals surface area contributed by atoms with E-state index in [1.165, 1.54) is 18.2 Å². The lowest BCUT2D eigenvalue weighted by Crippen LogP contribution is -2.32. The molecule has 1 aliphatic rings. The van der Waals surface area contributed by atoms with Crippen molar-refractivity contribution in [2.45, 2.75) is 30.6 Å². The van der Waals surface area contributed by atoms with E-state index in [-0.39, 0.29) is 4.90 Å². The Labute approximate surface area is 119 Å². The molecule has 2 rings (SSSR count). The van der Waals surface area contributed by atoms with E-state index in [9.17, 15) is 12.8 Å². The van der Waals surface area contributed by atoms with Crippen molar-refractivity contribution in [2.75, 3.05) is 13.1 Å². The van der Waals surface area contributed by atoms with Crippen molar-refractivity contribution in [2.24, 2.45) is 17.6 Å². The molecule has 1 aromatic rings. The number of sulfonamides is 1. The molecule has 0 radical (unpaired) electrons. The Balaban J connectivity index is 1.92. The minimum atomic E-state index is -3.76. The monoisotopic (exact) mass is 300 g/mol. The topological polar surface area (TPSA) is 72.2 Å². The molecule has 0 amide bonds. The van der Waals surface area contributed by atoms with Gasteiger partial charge in [-0.2, -0.15) is 0 Å². The van der Waals surface area contributed by atoms with E-state index < -0.39 is 15.8 Å². The molecule has 112 valence electrons. The Morgan fingerprint density at radius 3 is 2.35 bits per heavy atom. The van der Waals surface area contributed by atoms with Crippen LogP contribution in [0.3, 0.4) is 0 Å². The molecule has 0 unspecified atom stereocenters. The van der Waals surface area contributed by atoms with Gasteiger partial charge in [0.05, 0.1) is 0 Å². The molecule has 1 aromatic carbocycles. The largest absolute Gasteiger partial charge is 0.330 e. The SMILES string of the molecule is NC[C@H]1CC[C@H](CNS(=O)(=O)c2ccccc2F)CC1. The third-order valence-electron chi connectivity index (χ3n) is 3.99. The summed E-state index contributed by atoms with van der Waals surface area (Å²) in [6.45, 7) is 1.07. The second kappa shape index (κ2) is 6.65. The molecule has 0 saturated heterocycles. The zero-order chi connectivity index (χ0) is 14.6. The molecule has 0 atom stereocenters. The van der Waals surface area contributed by atoms with Crippen LogP contribution in [0.5, 0.6) is 0 Å². The summed E-state index contributed by atoms with van der Waals surface area (Å²) >= 11 is 0. The van der Waals surface area contributed by atoms with Gasteiger partial charge >= 0.3 is 0 Å². The second-order valence-corrected chi connectivity index (χ2v) is 7.14. The van der Waals surface area contributed by atoms with Gasteiger partial charge in [0, 0.05) is 6.54 Å². The normalized spacial score (nSPS) is 23.7. The third-order valence-corrected chi connectivity index (χ3v) is 5.44. The fourth-order valence-corrected chi connectivity index (χ4v) is 3.83. The molecule has 1 saturated carbocycles. The molecule has 3 N–H and O–H groups in total. The summed E-state index contributed by atoms with van der Waals surface area (Å²) < 4.78 is 40.1. The van der Waals surface area contributed by atoms with Crippen molar-refractivity contribution in [1.82, 2.24) is 4.72 Å². The Hall–Kier alpha value is -0.980. The number of halogens is 1. The summed E-state index contributed by atoms with van der Waals surface area (Å²) in [6, 6.07) is 5.43. The van der Waals surface area contributed by atoms with Crippen LogP contribution in [0.4, 0.5) is 4.39 Å². The molecule has 4 nitrogen and oxygen atoms in total. The van der Waals surface area contributed by atoms with Crippen LogP contribution in [-0.4, -0.2) is 21.5 Å². The number of nitrogens with one attached hydrogen (secondary N) is 1. The molecule has 0 spiro atoms. The maximum Gasteiger partial charge on any atom is 0.243 e. The fraction of sp³-hybridized carbons (Fsp3) is 0.571. The zero-order valence-corrected chi connectivity index (χ0v) is 12.2. The van der Waals surface area contributed by atoms with Crippen LogP contribution in [-0.2, 0) is 10.0 Å². The lowest BCUT2D eigenvalue weighted by atomic mass is 9.82. The van der Waals surface area contributed by atoms with Gasteiger partial charge < -0.3 is 5.73 Å². The molecule has 0 aromatic heterocycles. The number of hydrogen-bond donors (Lipinski definition) is 2. The molecule has 20 heavy (non-hydrogen) atoms. The van der Waals surface area contributed by atoms with Crippen LogP contribution in [0.15, 0.2) is 29.2 Å². The van der Waals surface area contributed by atoms with E-state index in [0.29, 0.717) is 24.9 Å². The molecule has 0 aliphatic heterocycles. The van der Waals surface area contributed by atoms with Gasteiger partial charge in [-0.3, -0.25) is 0 Å². The average molecular weight is 300 g/mol. The van der Waals surface area contributed by atoms with Crippen molar-refractivity contribution in [3.05, 3.63) is 30.1 Å². The molecule has 1 aliphatic carbocycles. The highest BCUT2D eigenvalue weighted by atomic mass is 32.2. The van der Waals surface area contributed by atoms with Crippen LogP contribution < -0.4 is 10.5 Å². The van der Waals surface area contributed by atoms with Crippen LogP contribution in [0, 0.1) is 17.7 Å². The molecule has 0 bridgehead atoms. The summed E-state index contributed by atoms with van der Waals surface area (Å²) in [7, 11) is -3.76. The Bertz CT molecular complexity index is 540. The highest BCUT2D eigenvalue weighted by Crippen LogP contribution is 2.27. The van der Waals surface area contributed by atoms with E-state index >= 15 is 0 Å². The van der Waals surface area contributed by atoms with Gasteiger partial charge in [-0.15, -0.1) is 0 Å². The van der Waals surface area contributed by atoms with E-state index in [1.54, 1.807) is 0 Å². The van der Waals surface area contributed by atoms with Crippen molar-refractivity contribution >= 4 is 10.0 Å². The molecule has 6 heteroatoms. The molecule has 1 fully saturated rings. The smallest absolute Gasteiger partial charge is 0.243 e. The van der Waals surface area contributed by atoms with Crippen LogP contribution in [0.25, 0.3) is 0 Å². The molecule has 0 heterocycles. The van der Waals surface area contributed by atoms with Crippen molar-refractivity contribution < 1.29 is 12.8 Å². The average Bonchev–Trinajstić information content (AvgIpc) is 2.46. The Morgan fingerprint density at radius 2 is 1.75 bits per heavy atom. The number of rotatable bonds is 5. The first kappa shape index (κ1) is 15.4. The van der Waals surface area contributed by atoms with Gasteiger partial charge in [0.15, 0.2) is 0 Å². The van der Waals surface area contributed by atoms with Gasteiger partial charge in [-0.05, 0) is 56.2 Å². The first-order valence-corrected chi connectivity index (χ1v) is 8.45. The van der Waals surface area contributed by atoms with Crippen LogP contribution in [0.1, 0.15) is 25.7 Å². The fourth-order valence-electron chi connectivity index (χ4n) is 2.64. The Kier molecular flexibility index (Phi) is 5.12. The van der Waals surface area contributed by atoms with Crippen LogP contribution in [0.2, 0.25) is 0 Å². The van der Waals surface area contributed by atoms with Crippen molar-refractivity contribution in [3.8, 4) is 0 Å². The number of benzene rings is 1. The number of nitrogens with two attached hydrogens (primary N) is 1. The van der Waals surface area contributed by atoms with E-state index in [4.69, 9.17) is 5.73 Å². The summed E-state index contributed by atoms with van der Waals surface area (Å²) in [5.74, 6) is 0.167. The third kappa shape index (κ3) is 3.77. The second-order valence-electron chi connectivity index (χ2n) is 5.40. The number of hydrogen-bond acceptors (Lipinski definition) is 3. The van der Waals surface area contributed by atoms with Gasteiger partial charge in [0.2, 0.25) is 10.0 Å². The first-order valence-electron chi connectivity index (χ1n) is 6.97. The van der Waals surface area contributed by atoms with E-state index in [2.05, 4.69) is 4.72 Å². The van der Waals surface area contributed by atoms with Gasteiger partial charge in [0.1, 0.15) is 10.7 Å². The predicted molar refractivity (Wildman–Crippen MR) is 76.1 cm³/mol. The lowest BCUT2D eigenvalue weighted by Gasteiger charge is -2.27. The van der Waals surface area contributed by atoms with Crippen molar-refractivity contribution in [1.29, 1.82) is 0 Å². The zero-order valence-electron chi connectivity index (χ0n) is 11.4. The highest BCUT2D eigenvalue weighted by Gasteiger charge is 2.23. The van der Waals surface area contributed by atoms with E-state index in [0.717, 1.165) is 31.7 Å². The Morgan fingerprint density at radius 1 is 1.15 bits per heavy atom. The quantitative estimate of drug-likeness (QED) is 0.872. The lowest BCUT2D eigenvalue weighted by molar-refractivity contribution is 0.280. The maximum atomic E-state index is 13.5. The summed E-state index contributed by atoms with van der Waals surface area (Å²) in [4.78, 5) is -0.282.